The van der Waals surface area contributed by atoms with Gasteiger partial charge in [-0.1, -0.05) is 0 Å². The molecule has 0 radical (unpaired) electrons. The zero-order valence-corrected chi connectivity index (χ0v) is 9.20. The quantitative estimate of drug-likeness (QED) is 0.847. The van der Waals surface area contributed by atoms with Gasteiger partial charge in [-0.05, 0) is 0 Å². The van der Waals surface area contributed by atoms with Crippen LogP contribution < -0.4 is 10.6 Å². The SMILES string of the molecule is FC(F)(F)c1cc2c(NC3CNC3)nccn2n1. The smallest absolute Gasteiger partial charge is 0.363 e. The Morgan fingerprint density at radius 1 is 1.39 bits per heavy atom. The topological polar surface area (TPSA) is 54.2 Å². The number of anilines is 1. The van der Waals surface area contributed by atoms with Crippen LogP contribution in [0.15, 0.2) is 18.5 Å². The molecule has 96 valence electrons. The van der Waals surface area contributed by atoms with Gasteiger partial charge < -0.3 is 10.6 Å². The number of rotatable bonds is 2. The van der Waals surface area contributed by atoms with Crippen LogP contribution in [-0.2, 0) is 6.18 Å². The van der Waals surface area contributed by atoms with Crippen LogP contribution in [0.4, 0.5) is 19.0 Å². The summed E-state index contributed by atoms with van der Waals surface area (Å²) in [6, 6.07) is 1.20. The van der Waals surface area contributed by atoms with E-state index in [-0.39, 0.29) is 6.04 Å². The van der Waals surface area contributed by atoms with Gasteiger partial charge in [0.25, 0.3) is 0 Å². The van der Waals surface area contributed by atoms with Crippen molar-refractivity contribution in [2.24, 2.45) is 0 Å². The number of alkyl halides is 3. The lowest BCUT2D eigenvalue weighted by Crippen LogP contribution is -2.51. The number of hydrogen-bond acceptors (Lipinski definition) is 4. The second-order valence-corrected chi connectivity index (χ2v) is 4.13. The van der Waals surface area contributed by atoms with Gasteiger partial charge >= 0.3 is 6.18 Å². The zero-order valence-electron chi connectivity index (χ0n) is 9.20. The lowest BCUT2D eigenvalue weighted by atomic mass is 10.2. The highest BCUT2D eigenvalue weighted by molar-refractivity contribution is 5.68. The Kier molecular flexibility index (Phi) is 2.40. The van der Waals surface area contributed by atoms with Crippen LogP contribution in [-0.4, -0.2) is 33.7 Å². The third-order valence-corrected chi connectivity index (χ3v) is 2.80. The van der Waals surface area contributed by atoms with E-state index in [0.717, 1.165) is 19.2 Å². The minimum atomic E-state index is -4.44. The molecule has 0 atom stereocenters. The molecule has 2 N–H and O–H groups in total. The Morgan fingerprint density at radius 2 is 2.17 bits per heavy atom. The fraction of sp³-hybridized carbons (Fsp3) is 0.400. The zero-order chi connectivity index (χ0) is 12.8. The van der Waals surface area contributed by atoms with Crippen molar-refractivity contribution >= 4 is 11.3 Å². The summed E-state index contributed by atoms with van der Waals surface area (Å²) >= 11 is 0. The van der Waals surface area contributed by atoms with E-state index in [4.69, 9.17) is 0 Å². The fourth-order valence-electron chi connectivity index (χ4n) is 1.76. The molecule has 0 unspecified atom stereocenters. The molecular weight excluding hydrogens is 247 g/mol. The summed E-state index contributed by atoms with van der Waals surface area (Å²) in [5.41, 5.74) is -0.581. The number of nitrogens with one attached hydrogen (secondary N) is 2. The normalized spacial score (nSPS) is 16.8. The van der Waals surface area contributed by atoms with E-state index in [9.17, 15) is 13.2 Å². The lowest BCUT2D eigenvalue weighted by Gasteiger charge is -2.28. The van der Waals surface area contributed by atoms with Gasteiger partial charge in [0.15, 0.2) is 11.5 Å². The van der Waals surface area contributed by atoms with Gasteiger partial charge in [-0.15, -0.1) is 0 Å². The van der Waals surface area contributed by atoms with Gasteiger partial charge in [0.2, 0.25) is 0 Å². The first kappa shape index (κ1) is 11.3. The summed E-state index contributed by atoms with van der Waals surface area (Å²) in [4.78, 5) is 4.06. The third kappa shape index (κ3) is 1.88. The van der Waals surface area contributed by atoms with Crippen molar-refractivity contribution in [1.29, 1.82) is 0 Å². The maximum Gasteiger partial charge on any atom is 0.435 e. The molecule has 3 rings (SSSR count). The van der Waals surface area contributed by atoms with E-state index < -0.39 is 11.9 Å². The summed E-state index contributed by atoms with van der Waals surface area (Å²) in [5, 5.41) is 9.64. The Balaban J connectivity index is 2.01. The summed E-state index contributed by atoms with van der Waals surface area (Å²) in [7, 11) is 0. The lowest BCUT2D eigenvalue weighted by molar-refractivity contribution is -0.141. The number of aromatic nitrogens is 3. The fourth-order valence-corrected chi connectivity index (χ4v) is 1.76. The number of halogens is 3. The molecule has 1 aliphatic heterocycles. The molecule has 5 nitrogen and oxygen atoms in total. The monoisotopic (exact) mass is 257 g/mol. The van der Waals surface area contributed by atoms with Gasteiger partial charge in [-0.3, -0.25) is 0 Å². The van der Waals surface area contributed by atoms with Gasteiger partial charge in [0.05, 0.1) is 6.04 Å². The molecule has 0 saturated carbocycles. The van der Waals surface area contributed by atoms with Crippen molar-refractivity contribution < 1.29 is 13.2 Å². The van der Waals surface area contributed by atoms with E-state index in [1.807, 2.05) is 0 Å². The molecule has 1 fully saturated rings. The van der Waals surface area contributed by atoms with Crippen LogP contribution in [0.25, 0.3) is 5.52 Å². The van der Waals surface area contributed by atoms with E-state index in [1.54, 1.807) is 0 Å². The average molecular weight is 257 g/mol. The molecule has 1 aliphatic rings. The summed E-state index contributed by atoms with van der Waals surface area (Å²) in [5.74, 6) is 0.423. The maximum absolute atomic E-state index is 12.6. The first-order chi connectivity index (χ1) is 8.54. The highest BCUT2D eigenvalue weighted by atomic mass is 19.4. The first-order valence-electron chi connectivity index (χ1n) is 5.43. The van der Waals surface area contributed by atoms with Crippen LogP contribution in [0.2, 0.25) is 0 Å². The van der Waals surface area contributed by atoms with Crippen molar-refractivity contribution in [3.63, 3.8) is 0 Å². The van der Waals surface area contributed by atoms with E-state index >= 15 is 0 Å². The average Bonchev–Trinajstić information content (AvgIpc) is 2.67. The van der Waals surface area contributed by atoms with Crippen LogP contribution >= 0.6 is 0 Å². The van der Waals surface area contributed by atoms with Crippen molar-refractivity contribution in [2.45, 2.75) is 12.2 Å². The number of fused-ring (bicyclic) bond motifs is 1. The molecule has 0 amide bonds. The molecule has 0 bridgehead atoms. The van der Waals surface area contributed by atoms with Gasteiger partial charge in [-0.2, -0.15) is 18.3 Å². The summed E-state index contributed by atoms with van der Waals surface area (Å²) < 4.78 is 38.9. The van der Waals surface area contributed by atoms with E-state index in [2.05, 4.69) is 20.7 Å². The second kappa shape index (κ2) is 3.84. The number of hydrogen-bond donors (Lipinski definition) is 2. The molecule has 2 aromatic rings. The first-order valence-corrected chi connectivity index (χ1v) is 5.43. The minimum Gasteiger partial charge on any atom is -0.363 e. The summed E-state index contributed by atoms with van der Waals surface area (Å²) in [6.07, 6.45) is -1.62. The largest absolute Gasteiger partial charge is 0.435 e. The van der Waals surface area contributed by atoms with E-state index in [1.165, 1.54) is 16.9 Å². The van der Waals surface area contributed by atoms with Crippen molar-refractivity contribution in [3.05, 3.63) is 24.2 Å². The van der Waals surface area contributed by atoms with Crippen LogP contribution in [0.1, 0.15) is 5.69 Å². The van der Waals surface area contributed by atoms with Crippen LogP contribution in [0.5, 0.6) is 0 Å². The van der Waals surface area contributed by atoms with Crippen molar-refractivity contribution in [3.8, 4) is 0 Å². The predicted octanol–water partition coefficient (Wildman–Crippen LogP) is 1.13. The highest BCUT2D eigenvalue weighted by Crippen LogP contribution is 2.30. The molecule has 8 heteroatoms. The predicted molar refractivity (Wildman–Crippen MR) is 58.3 cm³/mol. The molecule has 0 aliphatic carbocycles. The van der Waals surface area contributed by atoms with Gasteiger partial charge in [0, 0.05) is 31.5 Å². The van der Waals surface area contributed by atoms with Crippen molar-refractivity contribution in [2.75, 3.05) is 18.4 Å². The highest BCUT2D eigenvalue weighted by Gasteiger charge is 2.34. The van der Waals surface area contributed by atoms with Crippen molar-refractivity contribution in [1.82, 2.24) is 19.9 Å². The Bertz CT molecular complexity index is 572. The summed E-state index contributed by atoms with van der Waals surface area (Å²) in [6.45, 7) is 1.56. The molecule has 18 heavy (non-hydrogen) atoms. The number of nitrogens with zero attached hydrogens (tertiary/aromatic N) is 3. The molecular formula is C10H10F3N5. The van der Waals surface area contributed by atoms with Gasteiger partial charge in [-0.25, -0.2) is 9.50 Å². The minimum absolute atomic E-state index is 0.202. The van der Waals surface area contributed by atoms with E-state index in [0.29, 0.717) is 11.3 Å². The molecule has 0 spiro atoms. The maximum atomic E-state index is 12.6. The third-order valence-electron chi connectivity index (χ3n) is 2.80. The Hall–Kier alpha value is -1.83. The van der Waals surface area contributed by atoms with Crippen LogP contribution in [0, 0.1) is 0 Å². The molecule has 0 aromatic carbocycles. The second-order valence-electron chi connectivity index (χ2n) is 4.13. The van der Waals surface area contributed by atoms with Gasteiger partial charge in [0.1, 0.15) is 5.52 Å². The molecule has 2 aromatic heterocycles. The molecule has 3 heterocycles. The van der Waals surface area contributed by atoms with Crippen LogP contribution in [0.3, 0.4) is 0 Å². The Labute approximate surface area is 100 Å². The standard InChI is InChI=1S/C10H10F3N5/c11-10(12,13)8-3-7-9(16-6-4-14-5-6)15-1-2-18(7)17-8/h1-3,6,14H,4-5H2,(H,15,16). The Morgan fingerprint density at radius 3 is 2.78 bits per heavy atom. The molecule has 1 saturated heterocycles.